The summed E-state index contributed by atoms with van der Waals surface area (Å²) in [6, 6.07) is 9.40. The SMILES string of the molecule is Fc1cc(F)c(NCc2c(Cl)oc3ccccc23)c(Br)c1. The molecule has 21 heavy (non-hydrogen) atoms. The van der Waals surface area contributed by atoms with Crippen LogP contribution in [0.15, 0.2) is 45.3 Å². The Morgan fingerprint density at radius 2 is 1.95 bits per heavy atom. The zero-order chi connectivity index (χ0) is 15.0. The number of benzene rings is 2. The van der Waals surface area contributed by atoms with Crippen LogP contribution in [0.1, 0.15) is 5.56 Å². The van der Waals surface area contributed by atoms with Crippen LogP contribution in [0.4, 0.5) is 14.5 Å². The molecule has 0 atom stereocenters. The number of halogens is 4. The normalized spacial score (nSPS) is 11.0. The predicted molar refractivity (Wildman–Crippen MR) is 82.6 cm³/mol. The topological polar surface area (TPSA) is 25.2 Å². The van der Waals surface area contributed by atoms with Gasteiger partial charge >= 0.3 is 0 Å². The van der Waals surface area contributed by atoms with E-state index in [0.717, 1.165) is 17.0 Å². The highest BCUT2D eigenvalue weighted by Crippen LogP contribution is 2.32. The van der Waals surface area contributed by atoms with Crippen LogP contribution in [0.5, 0.6) is 0 Å². The average Bonchev–Trinajstić information content (AvgIpc) is 2.73. The van der Waals surface area contributed by atoms with E-state index in [2.05, 4.69) is 21.2 Å². The molecule has 1 N–H and O–H groups in total. The van der Waals surface area contributed by atoms with Gasteiger partial charge < -0.3 is 9.73 Å². The van der Waals surface area contributed by atoms with Crippen molar-refractivity contribution in [3.05, 3.63) is 63.3 Å². The Kier molecular flexibility index (Phi) is 3.87. The van der Waals surface area contributed by atoms with Crippen LogP contribution >= 0.6 is 27.5 Å². The molecule has 0 fully saturated rings. The number of anilines is 1. The molecule has 2 aromatic carbocycles. The molecule has 1 heterocycles. The lowest BCUT2D eigenvalue weighted by Gasteiger charge is -2.09. The first-order chi connectivity index (χ1) is 10.1. The second kappa shape index (κ2) is 5.66. The zero-order valence-corrected chi connectivity index (χ0v) is 12.9. The summed E-state index contributed by atoms with van der Waals surface area (Å²) in [5.41, 5.74) is 1.57. The van der Waals surface area contributed by atoms with Crippen molar-refractivity contribution in [3.8, 4) is 0 Å². The molecule has 0 amide bonds. The van der Waals surface area contributed by atoms with E-state index in [4.69, 9.17) is 16.0 Å². The minimum atomic E-state index is -0.675. The van der Waals surface area contributed by atoms with Crippen molar-refractivity contribution in [1.29, 1.82) is 0 Å². The Labute approximate surface area is 132 Å². The molecule has 0 radical (unpaired) electrons. The van der Waals surface area contributed by atoms with Gasteiger partial charge in [-0.2, -0.15) is 0 Å². The summed E-state index contributed by atoms with van der Waals surface area (Å²) in [5, 5.41) is 4.02. The summed E-state index contributed by atoms with van der Waals surface area (Å²) in [7, 11) is 0. The highest BCUT2D eigenvalue weighted by Gasteiger charge is 2.14. The minimum absolute atomic E-state index is 0.178. The Morgan fingerprint density at radius 1 is 1.19 bits per heavy atom. The fourth-order valence-electron chi connectivity index (χ4n) is 2.12. The van der Waals surface area contributed by atoms with Crippen LogP contribution in [-0.2, 0) is 6.54 Å². The number of para-hydroxylation sites is 1. The summed E-state index contributed by atoms with van der Waals surface area (Å²) in [5.74, 6) is -1.32. The predicted octanol–water partition coefficient (Wildman–Crippen LogP) is 5.74. The lowest BCUT2D eigenvalue weighted by molar-refractivity contribution is 0.583. The highest BCUT2D eigenvalue weighted by molar-refractivity contribution is 9.10. The summed E-state index contributed by atoms with van der Waals surface area (Å²) in [4.78, 5) is 0. The first-order valence-electron chi connectivity index (χ1n) is 6.10. The van der Waals surface area contributed by atoms with Crippen LogP contribution in [0.25, 0.3) is 11.0 Å². The first kappa shape index (κ1) is 14.4. The average molecular weight is 373 g/mol. The third-order valence-electron chi connectivity index (χ3n) is 3.10. The quantitative estimate of drug-likeness (QED) is 0.634. The lowest BCUT2D eigenvalue weighted by Crippen LogP contribution is -2.03. The van der Waals surface area contributed by atoms with E-state index in [9.17, 15) is 8.78 Å². The van der Waals surface area contributed by atoms with Crippen molar-refractivity contribution in [2.45, 2.75) is 6.54 Å². The maximum absolute atomic E-state index is 13.8. The first-order valence-corrected chi connectivity index (χ1v) is 7.27. The molecule has 0 aliphatic rings. The van der Waals surface area contributed by atoms with Crippen LogP contribution in [-0.4, -0.2) is 0 Å². The molecule has 0 bridgehead atoms. The molecule has 0 unspecified atom stereocenters. The molecular weight excluding hydrogens is 364 g/mol. The molecule has 2 nitrogen and oxygen atoms in total. The minimum Gasteiger partial charge on any atom is -0.444 e. The summed E-state index contributed by atoms with van der Waals surface area (Å²) >= 11 is 9.20. The monoisotopic (exact) mass is 371 g/mol. The van der Waals surface area contributed by atoms with Gasteiger partial charge in [-0.3, -0.25) is 0 Å². The van der Waals surface area contributed by atoms with E-state index >= 15 is 0 Å². The number of nitrogens with one attached hydrogen (secondary N) is 1. The summed E-state index contributed by atoms with van der Waals surface area (Å²) in [6.07, 6.45) is 0. The van der Waals surface area contributed by atoms with Gasteiger partial charge in [0.1, 0.15) is 17.2 Å². The molecule has 6 heteroatoms. The number of hydrogen-bond acceptors (Lipinski definition) is 2. The Hall–Kier alpha value is -1.59. The van der Waals surface area contributed by atoms with Crippen molar-refractivity contribution in [2.24, 2.45) is 0 Å². The van der Waals surface area contributed by atoms with E-state index in [1.807, 2.05) is 18.2 Å². The fourth-order valence-corrected chi connectivity index (χ4v) is 2.92. The van der Waals surface area contributed by atoms with Crippen LogP contribution in [0.3, 0.4) is 0 Å². The molecule has 3 aromatic rings. The van der Waals surface area contributed by atoms with Crippen molar-refractivity contribution in [1.82, 2.24) is 0 Å². The van der Waals surface area contributed by atoms with Crippen molar-refractivity contribution >= 4 is 44.2 Å². The van der Waals surface area contributed by atoms with E-state index in [-0.39, 0.29) is 17.5 Å². The van der Waals surface area contributed by atoms with Crippen LogP contribution in [0.2, 0.25) is 5.22 Å². The van der Waals surface area contributed by atoms with Crippen LogP contribution in [0, 0.1) is 11.6 Å². The second-order valence-corrected chi connectivity index (χ2v) is 5.65. The van der Waals surface area contributed by atoms with E-state index in [1.54, 1.807) is 6.07 Å². The molecule has 0 spiro atoms. The molecule has 108 valence electrons. The van der Waals surface area contributed by atoms with Crippen molar-refractivity contribution < 1.29 is 13.2 Å². The van der Waals surface area contributed by atoms with E-state index in [0.29, 0.717) is 10.1 Å². The molecule has 0 saturated carbocycles. The molecular formula is C15H9BrClF2NO. The number of furan rings is 1. The molecule has 1 aromatic heterocycles. The fraction of sp³-hybridized carbons (Fsp3) is 0.0667. The maximum Gasteiger partial charge on any atom is 0.199 e. The van der Waals surface area contributed by atoms with E-state index in [1.165, 1.54) is 6.07 Å². The molecule has 0 aliphatic heterocycles. The smallest absolute Gasteiger partial charge is 0.199 e. The Balaban J connectivity index is 1.92. The third-order valence-corrected chi connectivity index (χ3v) is 4.03. The van der Waals surface area contributed by atoms with Crippen LogP contribution < -0.4 is 5.32 Å². The summed E-state index contributed by atoms with van der Waals surface area (Å²) in [6.45, 7) is 0.261. The number of rotatable bonds is 3. The van der Waals surface area contributed by atoms with Gasteiger partial charge in [-0.25, -0.2) is 8.78 Å². The van der Waals surface area contributed by atoms with Crippen molar-refractivity contribution in [2.75, 3.05) is 5.32 Å². The van der Waals surface area contributed by atoms with Gasteiger partial charge in [0, 0.05) is 28.0 Å². The van der Waals surface area contributed by atoms with Gasteiger partial charge in [-0.1, -0.05) is 18.2 Å². The standard InChI is InChI=1S/C15H9BrClF2NO/c16-11-5-8(18)6-12(19)14(11)20-7-10-9-3-1-2-4-13(9)21-15(10)17/h1-6,20H,7H2. The van der Waals surface area contributed by atoms with Gasteiger partial charge in [-0.15, -0.1) is 0 Å². The highest BCUT2D eigenvalue weighted by atomic mass is 79.9. The molecule has 0 aliphatic carbocycles. The Bertz CT molecular complexity index is 796. The lowest BCUT2D eigenvalue weighted by atomic mass is 10.1. The number of hydrogen-bond donors (Lipinski definition) is 1. The maximum atomic E-state index is 13.8. The van der Waals surface area contributed by atoms with Gasteiger partial charge in [0.15, 0.2) is 5.22 Å². The van der Waals surface area contributed by atoms with Gasteiger partial charge in [-0.05, 0) is 39.7 Å². The largest absolute Gasteiger partial charge is 0.444 e. The number of fused-ring (bicyclic) bond motifs is 1. The van der Waals surface area contributed by atoms with Crippen molar-refractivity contribution in [3.63, 3.8) is 0 Å². The zero-order valence-electron chi connectivity index (χ0n) is 10.6. The van der Waals surface area contributed by atoms with Gasteiger partial charge in [0.2, 0.25) is 0 Å². The molecule has 3 rings (SSSR count). The van der Waals surface area contributed by atoms with Gasteiger partial charge in [0.05, 0.1) is 5.69 Å². The third kappa shape index (κ3) is 2.76. The second-order valence-electron chi connectivity index (χ2n) is 4.45. The Morgan fingerprint density at radius 3 is 2.71 bits per heavy atom. The summed E-state index contributed by atoms with van der Waals surface area (Å²) < 4.78 is 32.6. The van der Waals surface area contributed by atoms with E-state index < -0.39 is 11.6 Å². The van der Waals surface area contributed by atoms with Gasteiger partial charge in [0.25, 0.3) is 0 Å². The molecule has 0 saturated heterocycles.